The summed E-state index contributed by atoms with van der Waals surface area (Å²) in [4.78, 5) is 10.9. The molecule has 118 valence electrons. The molecule has 1 aromatic carbocycles. The molecule has 0 aliphatic rings. The Bertz CT molecular complexity index is 453. The summed E-state index contributed by atoms with van der Waals surface area (Å²) in [5, 5.41) is 0. The number of carbonyl (C=O) groups is 1. The van der Waals surface area contributed by atoms with Crippen LogP contribution in [-0.2, 0) is 4.79 Å². The van der Waals surface area contributed by atoms with Gasteiger partial charge in [-0.25, -0.2) is 5.84 Å². The molecule has 3 N–H and O–H groups in total. The van der Waals surface area contributed by atoms with Crippen LogP contribution in [0.4, 0.5) is 13.2 Å². The van der Waals surface area contributed by atoms with Gasteiger partial charge in [0.2, 0.25) is 5.91 Å². The SMILES string of the molecule is NNC(=O)CCCCCOc1ccccc1OC(F)(F)F. The Kier molecular flexibility index (Phi) is 6.80. The molecule has 0 heterocycles. The van der Waals surface area contributed by atoms with Gasteiger partial charge >= 0.3 is 6.36 Å². The summed E-state index contributed by atoms with van der Waals surface area (Å²) in [7, 11) is 0. The first kappa shape index (κ1) is 17.1. The molecule has 21 heavy (non-hydrogen) atoms. The number of rotatable bonds is 8. The van der Waals surface area contributed by atoms with E-state index in [0.29, 0.717) is 25.7 Å². The van der Waals surface area contributed by atoms with Crippen LogP contribution in [0.5, 0.6) is 11.5 Å². The fourth-order valence-electron chi connectivity index (χ4n) is 1.60. The summed E-state index contributed by atoms with van der Waals surface area (Å²) in [6.45, 7) is 0.239. The van der Waals surface area contributed by atoms with Crippen molar-refractivity contribution in [2.45, 2.75) is 32.0 Å². The number of alkyl halides is 3. The van der Waals surface area contributed by atoms with Crippen molar-refractivity contribution in [1.29, 1.82) is 0 Å². The monoisotopic (exact) mass is 306 g/mol. The predicted molar refractivity (Wildman–Crippen MR) is 69.4 cm³/mol. The molecule has 0 aliphatic carbocycles. The van der Waals surface area contributed by atoms with Gasteiger partial charge in [-0.05, 0) is 31.4 Å². The zero-order chi connectivity index (χ0) is 15.7. The first-order valence-electron chi connectivity index (χ1n) is 6.39. The van der Waals surface area contributed by atoms with Gasteiger partial charge in [0.05, 0.1) is 6.61 Å². The molecule has 0 aliphatic heterocycles. The number of halogens is 3. The minimum Gasteiger partial charge on any atom is -0.490 e. The Balaban J connectivity index is 2.33. The molecular weight excluding hydrogens is 289 g/mol. The smallest absolute Gasteiger partial charge is 0.490 e. The van der Waals surface area contributed by atoms with Gasteiger partial charge in [0, 0.05) is 6.42 Å². The lowest BCUT2D eigenvalue weighted by molar-refractivity contribution is -0.275. The number of para-hydroxylation sites is 2. The van der Waals surface area contributed by atoms with E-state index < -0.39 is 6.36 Å². The van der Waals surface area contributed by atoms with E-state index in [1.165, 1.54) is 18.2 Å². The molecule has 0 aromatic heterocycles. The third kappa shape index (κ3) is 7.40. The number of carbonyl (C=O) groups excluding carboxylic acids is 1. The van der Waals surface area contributed by atoms with Gasteiger partial charge in [-0.3, -0.25) is 10.2 Å². The third-order valence-electron chi connectivity index (χ3n) is 2.54. The molecule has 1 aromatic rings. The average Bonchev–Trinajstić information content (AvgIpc) is 2.42. The fraction of sp³-hybridized carbons (Fsp3) is 0.462. The lowest BCUT2D eigenvalue weighted by Gasteiger charge is -2.13. The summed E-state index contributed by atoms with van der Waals surface area (Å²) >= 11 is 0. The van der Waals surface area contributed by atoms with E-state index >= 15 is 0 Å². The van der Waals surface area contributed by atoms with Crippen LogP contribution in [0.3, 0.4) is 0 Å². The number of hydrogen-bond acceptors (Lipinski definition) is 4. The van der Waals surface area contributed by atoms with Crippen LogP contribution in [0.25, 0.3) is 0 Å². The second kappa shape index (κ2) is 8.35. The van der Waals surface area contributed by atoms with Crippen molar-refractivity contribution in [1.82, 2.24) is 5.43 Å². The number of nitrogens with one attached hydrogen (secondary N) is 1. The summed E-state index contributed by atoms with van der Waals surface area (Å²) < 4.78 is 45.7. The molecule has 5 nitrogen and oxygen atoms in total. The number of hydrazine groups is 1. The van der Waals surface area contributed by atoms with Crippen molar-refractivity contribution in [2.24, 2.45) is 5.84 Å². The highest BCUT2D eigenvalue weighted by atomic mass is 19.4. The Morgan fingerprint density at radius 3 is 2.43 bits per heavy atom. The van der Waals surface area contributed by atoms with Gasteiger partial charge in [-0.1, -0.05) is 12.1 Å². The van der Waals surface area contributed by atoms with E-state index in [0.717, 1.165) is 0 Å². The Morgan fingerprint density at radius 2 is 1.81 bits per heavy atom. The van der Waals surface area contributed by atoms with Crippen LogP contribution < -0.4 is 20.7 Å². The quantitative estimate of drug-likeness (QED) is 0.335. The molecule has 1 amide bonds. The summed E-state index contributed by atoms with van der Waals surface area (Å²) in [5.41, 5.74) is 2.02. The van der Waals surface area contributed by atoms with Crippen molar-refractivity contribution in [3.8, 4) is 11.5 Å². The van der Waals surface area contributed by atoms with Crippen molar-refractivity contribution >= 4 is 5.91 Å². The Labute approximate surface area is 120 Å². The minimum atomic E-state index is -4.75. The van der Waals surface area contributed by atoms with E-state index in [1.54, 1.807) is 6.07 Å². The number of benzene rings is 1. The number of nitrogens with two attached hydrogens (primary N) is 1. The summed E-state index contributed by atoms with van der Waals surface area (Å²) in [5.74, 6) is 4.34. The van der Waals surface area contributed by atoms with Crippen LogP contribution in [0, 0.1) is 0 Å². The lowest BCUT2D eigenvalue weighted by Crippen LogP contribution is -2.29. The van der Waals surface area contributed by atoms with Gasteiger partial charge in [-0.2, -0.15) is 0 Å². The molecule has 8 heteroatoms. The van der Waals surface area contributed by atoms with Crippen LogP contribution in [0.15, 0.2) is 24.3 Å². The first-order chi connectivity index (χ1) is 9.92. The van der Waals surface area contributed by atoms with E-state index in [9.17, 15) is 18.0 Å². The zero-order valence-electron chi connectivity index (χ0n) is 11.3. The van der Waals surface area contributed by atoms with Gasteiger partial charge in [0.25, 0.3) is 0 Å². The topological polar surface area (TPSA) is 73.6 Å². The second-order valence-corrected chi connectivity index (χ2v) is 4.22. The molecule has 1 rings (SSSR count). The zero-order valence-corrected chi connectivity index (χ0v) is 11.3. The van der Waals surface area contributed by atoms with E-state index in [4.69, 9.17) is 10.6 Å². The Morgan fingerprint density at radius 1 is 1.14 bits per heavy atom. The highest BCUT2D eigenvalue weighted by molar-refractivity contribution is 5.75. The first-order valence-corrected chi connectivity index (χ1v) is 6.39. The van der Waals surface area contributed by atoms with E-state index in [-0.39, 0.29) is 24.0 Å². The molecule has 0 radical (unpaired) electrons. The normalized spacial score (nSPS) is 11.0. The van der Waals surface area contributed by atoms with Gasteiger partial charge in [-0.15, -0.1) is 13.2 Å². The molecule has 0 saturated heterocycles. The average molecular weight is 306 g/mol. The van der Waals surface area contributed by atoms with Crippen LogP contribution in [-0.4, -0.2) is 18.9 Å². The van der Waals surface area contributed by atoms with Crippen LogP contribution in [0.1, 0.15) is 25.7 Å². The van der Waals surface area contributed by atoms with Gasteiger partial charge in [0.15, 0.2) is 11.5 Å². The standard InChI is InChI=1S/C13H17F3N2O3/c14-13(15,16)21-11-7-4-3-6-10(11)20-9-5-1-2-8-12(19)18-17/h3-4,6-7H,1-2,5,8-9,17H2,(H,18,19). The van der Waals surface area contributed by atoms with Crippen LogP contribution >= 0.6 is 0 Å². The predicted octanol–water partition coefficient (Wildman–Crippen LogP) is 2.51. The van der Waals surface area contributed by atoms with Crippen molar-refractivity contribution in [3.63, 3.8) is 0 Å². The maximum Gasteiger partial charge on any atom is 0.573 e. The number of amides is 1. The van der Waals surface area contributed by atoms with Gasteiger partial charge in [0.1, 0.15) is 0 Å². The summed E-state index contributed by atoms with van der Waals surface area (Å²) in [6, 6.07) is 5.58. The molecule has 0 spiro atoms. The molecule has 0 saturated carbocycles. The fourth-order valence-corrected chi connectivity index (χ4v) is 1.60. The Hall–Kier alpha value is -1.96. The van der Waals surface area contributed by atoms with Crippen LogP contribution in [0.2, 0.25) is 0 Å². The highest BCUT2D eigenvalue weighted by Crippen LogP contribution is 2.31. The minimum absolute atomic E-state index is 0.0366. The molecule has 0 atom stereocenters. The van der Waals surface area contributed by atoms with Crippen molar-refractivity contribution in [3.05, 3.63) is 24.3 Å². The molecule has 0 bridgehead atoms. The second-order valence-electron chi connectivity index (χ2n) is 4.22. The number of hydrogen-bond donors (Lipinski definition) is 2. The number of unbranched alkanes of at least 4 members (excludes halogenated alkanes) is 2. The summed E-state index contributed by atoms with van der Waals surface area (Å²) in [6.07, 6.45) is -2.50. The van der Waals surface area contributed by atoms with Crippen molar-refractivity contribution in [2.75, 3.05) is 6.61 Å². The maximum absolute atomic E-state index is 12.2. The molecule has 0 fully saturated rings. The molecule has 0 unspecified atom stereocenters. The van der Waals surface area contributed by atoms with E-state index in [2.05, 4.69) is 4.74 Å². The number of ether oxygens (including phenoxy) is 2. The van der Waals surface area contributed by atoms with Gasteiger partial charge < -0.3 is 9.47 Å². The van der Waals surface area contributed by atoms with E-state index in [1.807, 2.05) is 5.43 Å². The largest absolute Gasteiger partial charge is 0.573 e. The molecular formula is C13H17F3N2O3. The van der Waals surface area contributed by atoms with Crippen molar-refractivity contribution < 1.29 is 27.4 Å². The lowest BCUT2D eigenvalue weighted by atomic mass is 10.2. The highest BCUT2D eigenvalue weighted by Gasteiger charge is 2.32. The third-order valence-corrected chi connectivity index (χ3v) is 2.54. The maximum atomic E-state index is 12.2.